The summed E-state index contributed by atoms with van der Waals surface area (Å²) in [5.41, 5.74) is 1.25. The van der Waals surface area contributed by atoms with Crippen molar-refractivity contribution >= 4 is 5.82 Å². The molecule has 5 heteroatoms. The first-order valence-electron chi connectivity index (χ1n) is 8.22. The van der Waals surface area contributed by atoms with Crippen LogP contribution in [0.15, 0.2) is 6.07 Å². The molecule has 0 spiro atoms. The van der Waals surface area contributed by atoms with E-state index >= 15 is 0 Å². The average molecular weight is 293 g/mol. The molecule has 1 aromatic rings. The van der Waals surface area contributed by atoms with Crippen molar-refractivity contribution in [1.82, 2.24) is 9.78 Å². The molecule has 1 atom stereocenters. The lowest BCUT2D eigenvalue weighted by Crippen LogP contribution is -2.34. The Morgan fingerprint density at radius 1 is 1.14 bits per heavy atom. The minimum absolute atomic E-state index is 0.163. The van der Waals surface area contributed by atoms with E-state index in [0.717, 1.165) is 18.8 Å². The fourth-order valence-electron chi connectivity index (χ4n) is 3.70. The van der Waals surface area contributed by atoms with Crippen molar-refractivity contribution in [3.8, 4) is 0 Å². The number of hydrogen-bond acceptors (Lipinski definition) is 4. The van der Waals surface area contributed by atoms with Crippen LogP contribution < -0.4 is 5.32 Å². The molecule has 1 aromatic heterocycles. The van der Waals surface area contributed by atoms with Gasteiger partial charge in [-0.25, -0.2) is 4.68 Å². The van der Waals surface area contributed by atoms with Crippen LogP contribution in [0.1, 0.15) is 62.6 Å². The highest BCUT2D eigenvalue weighted by Gasteiger charge is 2.30. The molecule has 118 valence electrons. The molecule has 1 fully saturated rings. The third-order valence-electron chi connectivity index (χ3n) is 4.87. The number of methoxy groups -OCH3 is 2. The highest BCUT2D eigenvalue weighted by atomic mass is 16.7. The zero-order valence-corrected chi connectivity index (χ0v) is 13.2. The molecule has 2 aliphatic rings. The molecule has 0 saturated heterocycles. The molecule has 1 N–H and O–H groups in total. The number of nitrogens with zero attached hydrogens (tertiary/aromatic N) is 2. The van der Waals surface area contributed by atoms with Gasteiger partial charge in [-0.05, 0) is 19.3 Å². The fourth-order valence-corrected chi connectivity index (χ4v) is 3.70. The van der Waals surface area contributed by atoms with Crippen molar-refractivity contribution in [2.75, 3.05) is 26.1 Å². The van der Waals surface area contributed by atoms with E-state index in [1.807, 2.05) is 0 Å². The van der Waals surface area contributed by atoms with Gasteiger partial charge in [-0.2, -0.15) is 5.10 Å². The second kappa shape index (κ2) is 6.79. The van der Waals surface area contributed by atoms with Crippen LogP contribution in [0.3, 0.4) is 0 Å². The Morgan fingerprint density at radius 3 is 2.52 bits per heavy atom. The van der Waals surface area contributed by atoms with Gasteiger partial charge in [-0.3, -0.25) is 0 Å². The number of hydrogen-bond donors (Lipinski definition) is 1. The first-order chi connectivity index (χ1) is 10.3. The van der Waals surface area contributed by atoms with E-state index in [4.69, 9.17) is 14.6 Å². The molecular formula is C16H27N3O2. The number of aromatic nitrogens is 2. The number of anilines is 1. The van der Waals surface area contributed by atoms with E-state index < -0.39 is 0 Å². The van der Waals surface area contributed by atoms with Gasteiger partial charge in [0.1, 0.15) is 11.9 Å². The summed E-state index contributed by atoms with van der Waals surface area (Å²) in [6.45, 7) is 0.948. The predicted molar refractivity (Wildman–Crippen MR) is 82.6 cm³/mol. The topological polar surface area (TPSA) is 48.3 Å². The normalized spacial score (nSPS) is 23.7. The molecule has 0 bridgehead atoms. The molecule has 1 aliphatic heterocycles. The van der Waals surface area contributed by atoms with Crippen molar-refractivity contribution in [2.45, 2.75) is 63.2 Å². The quantitative estimate of drug-likeness (QED) is 0.683. The van der Waals surface area contributed by atoms with Crippen molar-refractivity contribution in [1.29, 1.82) is 0 Å². The van der Waals surface area contributed by atoms with E-state index in [0.29, 0.717) is 5.92 Å². The lowest BCUT2D eigenvalue weighted by Gasteiger charge is -2.30. The van der Waals surface area contributed by atoms with E-state index in [1.165, 1.54) is 44.2 Å². The largest absolute Gasteiger partial charge is 0.370 e. The molecule has 1 aliphatic carbocycles. The first-order valence-corrected chi connectivity index (χ1v) is 8.22. The second-order valence-corrected chi connectivity index (χ2v) is 6.21. The van der Waals surface area contributed by atoms with Crippen LogP contribution in [-0.4, -0.2) is 36.8 Å². The molecule has 0 radical (unpaired) electrons. The summed E-state index contributed by atoms with van der Waals surface area (Å²) < 4.78 is 13.0. The van der Waals surface area contributed by atoms with Gasteiger partial charge in [0.05, 0.1) is 5.69 Å². The SMILES string of the molecule is COC(OC)C1CCNc2cc(C3CCCCCC3)nn21. The summed E-state index contributed by atoms with van der Waals surface area (Å²) in [5.74, 6) is 1.74. The summed E-state index contributed by atoms with van der Waals surface area (Å²) in [6.07, 6.45) is 8.72. The van der Waals surface area contributed by atoms with Crippen molar-refractivity contribution in [3.63, 3.8) is 0 Å². The molecule has 1 unspecified atom stereocenters. The highest BCUT2D eigenvalue weighted by molar-refractivity contribution is 5.40. The Balaban J connectivity index is 1.83. The number of nitrogens with one attached hydrogen (secondary N) is 1. The number of ether oxygens (including phenoxy) is 2. The summed E-state index contributed by atoms with van der Waals surface area (Å²) >= 11 is 0. The monoisotopic (exact) mass is 293 g/mol. The van der Waals surface area contributed by atoms with Crippen LogP contribution in [0.2, 0.25) is 0 Å². The smallest absolute Gasteiger partial charge is 0.179 e. The summed E-state index contributed by atoms with van der Waals surface area (Å²) in [7, 11) is 3.40. The lowest BCUT2D eigenvalue weighted by atomic mass is 9.97. The van der Waals surface area contributed by atoms with E-state index in [-0.39, 0.29) is 12.3 Å². The molecule has 2 heterocycles. The molecule has 1 saturated carbocycles. The Morgan fingerprint density at radius 2 is 1.86 bits per heavy atom. The van der Waals surface area contributed by atoms with Gasteiger partial charge in [0.2, 0.25) is 0 Å². The second-order valence-electron chi connectivity index (χ2n) is 6.21. The third kappa shape index (κ3) is 3.09. The number of fused-ring (bicyclic) bond motifs is 1. The predicted octanol–water partition coefficient (Wildman–Crippen LogP) is 3.30. The molecular weight excluding hydrogens is 266 g/mol. The molecule has 21 heavy (non-hydrogen) atoms. The Labute approximate surface area is 127 Å². The molecule has 0 aromatic carbocycles. The molecule has 3 rings (SSSR count). The third-order valence-corrected chi connectivity index (χ3v) is 4.87. The van der Waals surface area contributed by atoms with Gasteiger partial charge in [-0.1, -0.05) is 25.7 Å². The maximum absolute atomic E-state index is 5.46. The van der Waals surface area contributed by atoms with Gasteiger partial charge in [0.25, 0.3) is 0 Å². The summed E-state index contributed by atoms with van der Waals surface area (Å²) in [4.78, 5) is 0. The van der Waals surface area contributed by atoms with Crippen LogP contribution in [0.5, 0.6) is 0 Å². The Bertz CT molecular complexity index is 448. The van der Waals surface area contributed by atoms with Crippen molar-refractivity contribution in [2.24, 2.45) is 0 Å². The minimum atomic E-state index is -0.229. The van der Waals surface area contributed by atoms with Crippen LogP contribution in [-0.2, 0) is 9.47 Å². The van der Waals surface area contributed by atoms with E-state index in [9.17, 15) is 0 Å². The fraction of sp³-hybridized carbons (Fsp3) is 0.812. The summed E-state index contributed by atoms with van der Waals surface area (Å²) in [6, 6.07) is 2.40. The molecule has 5 nitrogen and oxygen atoms in total. The van der Waals surface area contributed by atoms with Gasteiger partial charge in [0.15, 0.2) is 6.29 Å². The minimum Gasteiger partial charge on any atom is -0.370 e. The van der Waals surface area contributed by atoms with E-state index in [1.54, 1.807) is 14.2 Å². The van der Waals surface area contributed by atoms with Crippen molar-refractivity contribution < 1.29 is 9.47 Å². The van der Waals surface area contributed by atoms with Gasteiger partial charge in [0, 0.05) is 32.7 Å². The van der Waals surface area contributed by atoms with E-state index in [2.05, 4.69) is 16.1 Å². The first kappa shape index (κ1) is 14.9. The van der Waals surface area contributed by atoms with Gasteiger partial charge >= 0.3 is 0 Å². The van der Waals surface area contributed by atoms with Gasteiger partial charge < -0.3 is 14.8 Å². The standard InChI is InChI=1S/C16H27N3O2/c1-20-16(21-2)14-9-10-17-15-11-13(18-19(14)15)12-7-5-3-4-6-8-12/h11-12,14,16-17H,3-10H2,1-2H3. The van der Waals surface area contributed by atoms with Crippen LogP contribution in [0.4, 0.5) is 5.82 Å². The van der Waals surface area contributed by atoms with Crippen LogP contribution in [0, 0.1) is 0 Å². The Hall–Kier alpha value is -1.07. The van der Waals surface area contributed by atoms with Crippen LogP contribution in [0.25, 0.3) is 0 Å². The average Bonchev–Trinajstić information content (AvgIpc) is 2.76. The Kier molecular flexibility index (Phi) is 4.80. The zero-order valence-electron chi connectivity index (χ0n) is 13.2. The van der Waals surface area contributed by atoms with Crippen molar-refractivity contribution in [3.05, 3.63) is 11.8 Å². The lowest BCUT2D eigenvalue weighted by molar-refractivity contribution is -0.135. The maximum Gasteiger partial charge on any atom is 0.179 e. The maximum atomic E-state index is 5.46. The number of rotatable bonds is 4. The van der Waals surface area contributed by atoms with Crippen LogP contribution >= 0.6 is 0 Å². The highest BCUT2D eigenvalue weighted by Crippen LogP contribution is 2.35. The zero-order chi connectivity index (χ0) is 14.7. The molecule has 0 amide bonds. The van der Waals surface area contributed by atoms with Gasteiger partial charge in [-0.15, -0.1) is 0 Å². The summed E-state index contributed by atoms with van der Waals surface area (Å²) in [5, 5.41) is 8.37.